The van der Waals surface area contributed by atoms with Crippen molar-refractivity contribution in [2.45, 2.75) is 52.0 Å². The van der Waals surface area contributed by atoms with Gasteiger partial charge in [0.1, 0.15) is 5.76 Å². The summed E-state index contributed by atoms with van der Waals surface area (Å²) in [6, 6.07) is 3.97. The Balaban J connectivity index is 1.78. The van der Waals surface area contributed by atoms with Gasteiger partial charge in [0.2, 0.25) is 0 Å². The van der Waals surface area contributed by atoms with Crippen LogP contribution in [0, 0.1) is 5.92 Å². The van der Waals surface area contributed by atoms with Gasteiger partial charge in [-0.25, -0.2) is 4.79 Å². The second-order valence-electron chi connectivity index (χ2n) is 6.80. The summed E-state index contributed by atoms with van der Waals surface area (Å²) in [5, 5.41) is 5.95. The average Bonchev–Trinajstić information content (AvgIpc) is 3.07. The highest BCUT2D eigenvalue weighted by atomic mass is 16.3. The molecule has 23 heavy (non-hydrogen) atoms. The van der Waals surface area contributed by atoms with Gasteiger partial charge < -0.3 is 15.1 Å². The van der Waals surface area contributed by atoms with Crippen LogP contribution in [-0.4, -0.2) is 37.1 Å². The number of amides is 2. The molecule has 2 N–H and O–H groups in total. The minimum Gasteiger partial charge on any atom is -0.468 e. The van der Waals surface area contributed by atoms with Crippen LogP contribution >= 0.6 is 0 Å². The summed E-state index contributed by atoms with van der Waals surface area (Å²) in [4.78, 5) is 14.4. The molecule has 1 fully saturated rings. The molecule has 1 aliphatic heterocycles. The number of nitrogens with one attached hydrogen (secondary N) is 2. The van der Waals surface area contributed by atoms with Crippen molar-refractivity contribution in [3.05, 3.63) is 24.2 Å². The Kier molecular flexibility index (Phi) is 7.46. The molecule has 1 unspecified atom stereocenters. The number of carbonyl (C=O) groups excluding carboxylic acids is 1. The summed E-state index contributed by atoms with van der Waals surface area (Å²) < 4.78 is 5.59. The quantitative estimate of drug-likeness (QED) is 0.720. The molecule has 1 aromatic rings. The van der Waals surface area contributed by atoms with Crippen LogP contribution in [0.3, 0.4) is 0 Å². The maximum Gasteiger partial charge on any atom is 0.314 e. The Labute approximate surface area is 139 Å². The van der Waals surface area contributed by atoms with Crippen molar-refractivity contribution < 1.29 is 9.21 Å². The summed E-state index contributed by atoms with van der Waals surface area (Å²) in [5.41, 5.74) is 0. The monoisotopic (exact) mass is 321 g/mol. The topological polar surface area (TPSA) is 57.5 Å². The van der Waals surface area contributed by atoms with E-state index in [2.05, 4.69) is 29.4 Å². The van der Waals surface area contributed by atoms with E-state index in [1.165, 1.54) is 19.3 Å². The Morgan fingerprint density at radius 3 is 2.70 bits per heavy atom. The highest BCUT2D eigenvalue weighted by Crippen LogP contribution is 2.24. The normalized spacial score (nSPS) is 17.2. The molecule has 5 nitrogen and oxygen atoms in total. The van der Waals surface area contributed by atoms with Crippen molar-refractivity contribution in [2.75, 3.05) is 26.2 Å². The molecule has 5 heteroatoms. The fraction of sp³-hybridized carbons (Fsp3) is 0.722. The first kappa shape index (κ1) is 17.9. The van der Waals surface area contributed by atoms with Crippen LogP contribution < -0.4 is 10.6 Å². The largest absolute Gasteiger partial charge is 0.468 e. The van der Waals surface area contributed by atoms with Crippen LogP contribution in [-0.2, 0) is 0 Å². The number of furan rings is 1. The van der Waals surface area contributed by atoms with Crippen LogP contribution in [0.1, 0.15) is 57.8 Å². The van der Waals surface area contributed by atoms with E-state index in [1.807, 2.05) is 12.1 Å². The molecular formula is C18H31N3O2. The highest BCUT2D eigenvalue weighted by Gasteiger charge is 2.24. The summed E-state index contributed by atoms with van der Waals surface area (Å²) in [6.07, 6.45) is 7.61. The molecule has 2 rings (SSSR count). The van der Waals surface area contributed by atoms with Crippen molar-refractivity contribution in [2.24, 2.45) is 5.92 Å². The third kappa shape index (κ3) is 6.26. The summed E-state index contributed by atoms with van der Waals surface area (Å²) in [6.45, 7) is 7.87. The maximum absolute atomic E-state index is 12.0. The minimum absolute atomic E-state index is 0.0812. The van der Waals surface area contributed by atoms with Gasteiger partial charge >= 0.3 is 6.03 Å². The molecule has 1 aliphatic rings. The van der Waals surface area contributed by atoms with E-state index in [0.717, 1.165) is 38.2 Å². The number of carbonyl (C=O) groups is 1. The lowest BCUT2D eigenvalue weighted by atomic mass is 10.1. The molecule has 1 atom stereocenters. The van der Waals surface area contributed by atoms with Crippen LogP contribution in [0.5, 0.6) is 0 Å². The van der Waals surface area contributed by atoms with Gasteiger partial charge in [0.15, 0.2) is 0 Å². The molecule has 0 radical (unpaired) electrons. The maximum atomic E-state index is 12.0. The lowest BCUT2D eigenvalue weighted by Gasteiger charge is -2.33. The molecule has 0 aromatic carbocycles. The second-order valence-corrected chi connectivity index (χ2v) is 6.80. The Bertz CT molecular complexity index is 439. The van der Waals surface area contributed by atoms with Crippen LogP contribution in [0.15, 0.2) is 22.8 Å². The lowest BCUT2D eigenvalue weighted by Crippen LogP contribution is -2.43. The van der Waals surface area contributed by atoms with E-state index in [0.29, 0.717) is 12.5 Å². The van der Waals surface area contributed by atoms with Gasteiger partial charge in [-0.1, -0.05) is 20.3 Å². The van der Waals surface area contributed by atoms with Gasteiger partial charge in [-0.2, -0.15) is 0 Å². The lowest BCUT2D eigenvalue weighted by molar-refractivity contribution is 0.143. The SMILES string of the molecule is CC(C)CCCNC(=O)NCC(c1ccco1)N1CCCCC1. The fourth-order valence-electron chi connectivity index (χ4n) is 3.08. The minimum atomic E-state index is -0.0812. The zero-order valence-electron chi connectivity index (χ0n) is 14.5. The van der Waals surface area contributed by atoms with Crippen molar-refractivity contribution in [3.63, 3.8) is 0 Å². The fourth-order valence-corrected chi connectivity index (χ4v) is 3.08. The number of nitrogens with zero attached hydrogens (tertiary/aromatic N) is 1. The molecule has 0 bridgehead atoms. The van der Waals surface area contributed by atoms with E-state index in [4.69, 9.17) is 4.42 Å². The number of piperidine rings is 1. The first-order valence-corrected chi connectivity index (χ1v) is 8.96. The molecule has 2 heterocycles. The van der Waals surface area contributed by atoms with Crippen molar-refractivity contribution in [3.8, 4) is 0 Å². The number of hydrogen-bond acceptors (Lipinski definition) is 3. The zero-order chi connectivity index (χ0) is 16.5. The number of rotatable bonds is 8. The third-order valence-electron chi connectivity index (χ3n) is 4.40. The standard InChI is InChI=1S/C18H31N3O2/c1-15(2)8-6-10-19-18(22)20-14-16(17-9-7-13-23-17)21-11-4-3-5-12-21/h7,9,13,15-16H,3-6,8,10-12,14H2,1-2H3,(H2,19,20,22). The van der Waals surface area contributed by atoms with Gasteiger partial charge in [0.25, 0.3) is 0 Å². The van der Waals surface area contributed by atoms with Crippen LogP contribution in [0.2, 0.25) is 0 Å². The summed E-state index contributed by atoms with van der Waals surface area (Å²) in [5.74, 6) is 1.62. The van der Waals surface area contributed by atoms with Gasteiger partial charge in [-0.05, 0) is 56.8 Å². The number of hydrogen-bond donors (Lipinski definition) is 2. The predicted octanol–water partition coefficient (Wildman–Crippen LogP) is 3.54. The first-order chi connectivity index (χ1) is 11.2. The third-order valence-corrected chi connectivity index (χ3v) is 4.40. The van der Waals surface area contributed by atoms with Gasteiger partial charge in [-0.15, -0.1) is 0 Å². The average molecular weight is 321 g/mol. The Hall–Kier alpha value is -1.49. The first-order valence-electron chi connectivity index (χ1n) is 8.96. The zero-order valence-corrected chi connectivity index (χ0v) is 14.5. The van der Waals surface area contributed by atoms with Crippen molar-refractivity contribution in [1.29, 1.82) is 0 Å². The predicted molar refractivity (Wildman–Crippen MR) is 92.3 cm³/mol. The summed E-state index contributed by atoms with van der Waals surface area (Å²) >= 11 is 0. The van der Waals surface area contributed by atoms with Gasteiger partial charge in [0, 0.05) is 13.1 Å². The van der Waals surface area contributed by atoms with E-state index in [-0.39, 0.29) is 12.1 Å². The van der Waals surface area contributed by atoms with Gasteiger partial charge in [0.05, 0.1) is 12.3 Å². The van der Waals surface area contributed by atoms with Crippen LogP contribution in [0.4, 0.5) is 4.79 Å². The van der Waals surface area contributed by atoms with Crippen molar-refractivity contribution in [1.82, 2.24) is 15.5 Å². The molecule has 2 amide bonds. The second kappa shape index (κ2) is 9.60. The Morgan fingerprint density at radius 2 is 2.04 bits per heavy atom. The van der Waals surface area contributed by atoms with E-state index < -0.39 is 0 Å². The smallest absolute Gasteiger partial charge is 0.314 e. The number of urea groups is 1. The number of likely N-dealkylation sites (tertiary alicyclic amines) is 1. The molecular weight excluding hydrogens is 290 g/mol. The van der Waals surface area contributed by atoms with E-state index in [1.54, 1.807) is 6.26 Å². The van der Waals surface area contributed by atoms with E-state index >= 15 is 0 Å². The molecule has 0 aliphatic carbocycles. The molecule has 1 saturated heterocycles. The Morgan fingerprint density at radius 1 is 1.26 bits per heavy atom. The van der Waals surface area contributed by atoms with E-state index in [9.17, 15) is 4.79 Å². The molecule has 130 valence electrons. The molecule has 0 saturated carbocycles. The van der Waals surface area contributed by atoms with Crippen molar-refractivity contribution >= 4 is 6.03 Å². The molecule has 0 spiro atoms. The summed E-state index contributed by atoms with van der Waals surface area (Å²) in [7, 11) is 0. The highest BCUT2D eigenvalue weighted by molar-refractivity contribution is 5.73. The molecule has 1 aromatic heterocycles. The van der Waals surface area contributed by atoms with Gasteiger partial charge in [-0.3, -0.25) is 4.90 Å². The van der Waals surface area contributed by atoms with Crippen LogP contribution in [0.25, 0.3) is 0 Å².